The number of hydrogen-bond acceptors (Lipinski definition) is 4. The number of rotatable bonds is 3. The van der Waals surface area contributed by atoms with Crippen LogP contribution in [-0.2, 0) is 0 Å². The molecule has 0 saturated carbocycles. The van der Waals surface area contributed by atoms with E-state index in [1.54, 1.807) is 24.2 Å². The predicted molar refractivity (Wildman–Crippen MR) is 79.2 cm³/mol. The molecule has 1 saturated heterocycles. The summed E-state index contributed by atoms with van der Waals surface area (Å²) in [6.45, 7) is 6.04. The van der Waals surface area contributed by atoms with E-state index in [1.165, 1.54) is 0 Å². The molecule has 0 radical (unpaired) electrons. The van der Waals surface area contributed by atoms with Crippen LogP contribution in [0.25, 0.3) is 0 Å². The summed E-state index contributed by atoms with van der Waals surface area (Å²) in [5.74, 6) is -0.00861. The van der Waals surface area contributed by atoms with E-state index in [4.69, 9.17) is 0 Å². The Bertz CT molecular complexity index is 456. The highest BCUT2D eigenvalue weighted by molar-refractivity contribution is 7.96. The van der Waals surface area contributed by atoms with Crippen molar-refractivity contribution < 1.29 is 4.79 Å². The monoisotopic (exact) mass is 279 g/mol. The number of aromatic nitrogens is 1. The van der Waals surface area contributed by atoms with Crippen molar-refractivity contribution in [2.24, 2.45) is 0 Å². The standard InChI is InChI=1S/C14H21N3OS/c1-11-12(5-4-8-15-11)13(18)16-14(2)6-9-17(19-3)10-7-14/h4-5,8H,6-7,9-10H2,1-3H3,(H,16,18). The van der Waals surface area contributed by atoms with Crippen molar-refractivity contribution in [3.8, 4) is 0 Å². The fourth-order valence-corrected chi connectivity index (χ4v) is 2.90. The van der Waals surface area contributed by atoms with Crippen LogP contribution >= 0.6 is 11.9 Å². The molecule has 1 aliphatic rings. The van der Waals surface area contributed by atoms with E-state index < -0.39 is 0 Å². The quantitative estimate of drug-likeness (QED) is 0.862. The third kappa shape index (κ3) is 3.48. The molecule has 0 bridgehead atoms. The molecule has 5 heteroatoms. The molecule has 1 N–H and O–H groups in total. The van der Waals surface area contributed by atoms with Crippen LogP contribution in [0.5, 0.6) is 0 Å². The van der Waals surface area contributed by atoms with Gasteiger partial charge in [0.05, 0.1) is 5.56 Å². The summed E-state index contributed by atoms with van der Waals surface area (Å²) < 4.78 is 2.34. The lowest BCUT2D eigenvalue weighted by molar-refractivity contribution is 0.0872. The highest BCUT2D eigenvalue weighted by atomic mass is 32.2. The summed E-state index contributed by atoms with van der Waals surface area (Å²) in [4.78, 5) is 16.5. The number of aryl methyl sites for hydroxylation is 1. The van der Waals surface area contributed by atoms with Crippen LogP contribution in [0, 0.1) is 6.92 Å². The lowest BCUT2D eigenvalue weighted by Gasteiger charge is -2.39. The number of nitrogens with zero attached hydrogens (tertiary/aromatic N) is 2. The summed E-state index contributed by atoms with van der Waals surface area (Å²) >= 11 is 1.77. The van der Waals surface area contributed by atoms with Gasteiger partial charge in [-0.15, -0.1) is 0 Å². The highest BCUT2D eigenvalue weighted by Gasteiger charge is 2.31. The molecule has 0 atom stereocenters. The molecule has 1 fully saturated rings. The predicted octanol–water partition coefficient (Wildman–Crippen LogP) is 2.25. The van der Waals surface area contributed by atoms with Crippen LogP contribution in [0.4, 0.5) is 0 Å². The Labute approximate surface area is 119 Å². The van der Waals surface area contributed by atoms with Crippen molar-refractivity contribution in [1.29, 1.82) is 0 Å². The van der Waals surface area contributed by atoms with E-state index in [0.29, 0.717) is 5.56 Å². The van der Waals surface area contributed by atoms with Crippen molar-refractivity contribution in [1.82, 2.24) is 14.6 Å². The average molecular weight is 279 g/mol. The smallest absolute Gasteiger partial charge is 0.253 e. The second-order valence-corrected chi connectivity index (χ2v) is 6.14. The molecule has 0 spiro atoms. The summed E-state index contributed by atoms with van der Waals surface area (Å²) in [5, 5.41) is 3.18. The van der Waals surface area contributed by atoms with Gasteiger partial charge in [-0.25, -0.2) is 0 Å². The number of hydrogen-bond donors (Lipinski definition) is 1. The maximum Gasteiger partial charge on any atom is 0.253 e. The van der Waals surface area contributed by atoms with E-state index in [1.807, 2.05) is 13.0 Å². The van der Waals surface area contributed by atoms with Crippen LogP contribution in [0.3, 0.4) is 0 Å². The minimum absolute atomic E-state index is 0.00861. The Morgan fingerprint density at radius 1 is 1.47 bits per heavy atom. The van der Waals surface area contributed by atoms with Crippen LogP contribution in [0.15, 0.2) is 18.3 Å². The van der Waals surface area contributed by atoms with Gasteiger partial charge in [-0.3, -0.25) is 14.1 Å². The van der Waals surface area contributed by atoms with Gasteiger partial charge in [0.25, 0.3) is 5.91 Å². The van der Waals surface area contributed by atoms with Gasteiger partial charge in [-0.1, -0.05) is 11.9 Å². The van der Waals surface area contributed by atoms with Crippen molar-refractivity contribution in [2.45, 2.75) is 32.2 Å². The normalized spacial score (nSPS) is 19.1. The Morgan fingerprint density at radius 3 is 2.74 bits per heavy atom. The third-order valence-electron chi connectivity index (χ3n) is 3.75. The van der Waals surface area contributed by atoms with Crippen molar-refractivity contribution >= 4 is 17.9 Å². The zero-order chi connectivity index (χ0) is 13.9. The highest BCUT2D eigenvalue weighted by Crippen LogP contribution is 2.25. The van der Waals surface area contributed by atoms with Crippen molar-refractivity contribution in [3.63, 3.8) is 0 Å². The Hall–Kier alpha value is -1.07. The van der Waals surface area contributed by atoms with Gasteiger partial charge in [0.2, 0.25) is 0 Å². The minimum atomic E-state index is -0.106. The zero-order valence-electron chi connectivity index (χ0n) is 11.8. The zero-order valence-corrected chi connectivity index (χ0v) is 12.6. The number of carbonyl (C=O) groups excluding carboxylic acids is 1. The minimum Gasteiger partial charge on any atom is -0.347 e. The van der Waals surface area contributed by atoms with Crippen LogP contribution in [-0.4, -0.2) is 40.1 Å². The number of pyridine rings is 1. The van der Waals surface area contributed by atoms with Crippen molar-refractivity contribution in [3.05, 3.63) is 29.6 Å². The first-order valence-electron chi connectivity index (χ1n) is 6.57. The number of amides is 1. The van der Waals surface area contributed by atoms with E-state index in [9.17, 15) is 4.79 Å². The van der Waals surface area contributed by atoms with E-state index in [0.717, 1.165) is 31.6 Å². The fraction of sp³-hybridized carbons (Fsp3) is 0.571. The van der Waals surface area contributed by atoms with E-state index >= 15 is 0 Å². The maximum absolute atomic E-state index is 12.3. The molecule has 0 unspecified atom stereocenters. The second kappa shape index (κ2) is 5.92. The van der Waals surface area contributed by atoms with Crippen LogP contribution in [0.1, 0.15) is 35.8 Å². The Morgan fingerprint density at radius 2 is 2.16 bits per heavy atom. The molecule has 19 heavy (non-hydrogen) atoms. The van der Waals surface area contributed by atoms with Crippen LogP contribution < -0.4 is 5.32 Å². The fourth-order valence-electron chi connectivity index (χ4n) is 2.35. The molecular formula is C14H21N3OS. The second-order valence-electron chi connectivity index (χ2n) is 5.26. The summed E-state index contributed by atoms with van der Waals surface area (Å²) in [7, 11) is 0. The summed E-state index contributed by atoms with van der Waals surface area (Å²) in [6.07, 6.45) is 5.78. The first-order valence-corrected chi connectivity index (χ1v) is 7.75. The van der Waals surface area contributed by atoms with E-state index in [-0.39, 0.29) is 11.4 Å². The van der Waals surface area contributed by atoms with Gasteiger partial charge < -0.3 is 5.32 Å². The average Bonchev–Trinajstić information content (AvgIpc) is 2.39. The van der Waals surface area contributed by atoms with Crippen molar-refractivity contribution in [2.75, 3.05) is 19.3 Å². The van der Waals surface area contributed by atoms with Gasteiger partial charge in [-0.2, -0.15) is 0 Å². The number of nitrogens with one attached hydrogen (secondary N) is 1. The Kier molecular flexibility index (Phi) is 4.47. The van der Waals surface area contributed by atoms with Gasteiger partial charge in [0.1, 0.15) is 0 Å². The molecule has 104 valence electrons. The number of piperidine rings is 1. The maximum atomic E-state index is 12.3. The topological polar surface area (TPSA) is 45.2 Å². The third-order valence-corrected chi connectivity index (χ3v) is 4.63. The van der Waals surface area contributed by atoms with Gasteiger partial charge in [-0.05, 0) is 45.1 Å². The lowest BCUT2D eigenvalue weighted by atomic mass is 9.90. The molecule has 4 nitrogen and oxygen atoms in total. The van der Waals surface area contributed by atoms with Gasteiger partial charge >= 0.3 is 0 Å². The molecular weight excluding hydrogens is 258 g/mol. The first-order chi connectivity index (χ1) is 9.04. The van der Waals surface area contributed by atoms with Gasteiger partial charge in [0.15, 0.2) is 0 Å². The molecule has 1 aliphatic heterocycles. The summed E-state index contributed by atoms with van der Waals surface area (Å²) in [6, 6.07) is 3.64. The molecule has 2 rings (SSSR count). The molecule has 2 heterocycles. The lowest BCUT2D eigenvalue weighted by Crippen LogP contribution is -2.52. The summed E-state index contributed by atoms with van der Waals surface area (Å²) in [5.41, 5.74) is 1.35. The number of carbonyl (C=O) groups is 1. The Balaban J connectivity index is 2.01. The SMILES string of the molecule is CSN1CCC(C)(NC(=O)c2cccnc2C)CC1. The molecule has 0 aromatic carbocycles. The van der Waals surface area contributed by atoms with Gasteiger partial charge in [0, 0.05) is 30.5 Å². The molecule has 1 aromatic rings. The molecule has 1 aromatic heterocycles. The van der Waals surface area contributed by atoms with E-state index in [2.05, 4.69) is 27.8 Å². The largest absolute Gasteiger partial charge is 0.347 e. The first kappa shape index (κ1) is 14.3. The van der Waals surface area contributed by atoms with Crippen LogP contribution in [0.2, 0.25) is 0 Å². The molecule has 1 amide bonds. The molecule has 0 aliphatic carbocycles.